The van der Waals surface area contributed by atoms with E-state index in [1.807, 2.05) is 58.9 Å². The van der Waals surface area contributed by atoms with E-state index in [2.05, 4.69) is 5.32 Å². The third-order valence-electron chi connectivity index (χ3n) is 3.19. The predicted molar refractivity (Wildman–Crippen MR) is 91.4 cm³/mol. The molecule has 1 rings (SSSR count). The Morgan fingerprint density at radius 3 is 2.48 bits per heavy atom. The fourth-order valence-corrected chi connectivity index (χ4v) is 2.18. The monoisotopic (exact) mass is 320 g/mol. The minimum absolute atomic E-state index is 0.0358. The van der Waals surface area contributed by atoms with Gasteiger partial charge in [0.05, 0.1) is 6.54 Å². The average Bonchev–Trinajstić information content (AvgIpc) is 2.42. The summed E-state index contributed by atoms with van der Waals surface area (Å²) in [6, 6.07) is 7.55. The lowest BCUT2D eigenvalue weighted by Gasteiger charge is -2.27. The highest BCUT2D eigenvalue weighted by atomic mass is 16.5. The van der Waals surface area contributed by atoms with Gasteiger partial charge in [0, 0.05) is 12.1 Å². The predicted octanol–water partition coefficient (Wildman–Crippen LogP) is 2.53. The van der Waals surface area contributed by atoms with Crippen molar-refractivity contribution < 1.29 is 14.3 Å². The molecule has 0 heterocycles. The summed E-state index contributed by atoms with van der Waals surface area (Å²) < 4.78 is 5.70. The molecule has 0 spiro atoms. The van der Waals surface area contributed by atoms with Gasteiger partial charge in [0.2, 0.25) is 5.91 Å². The van der Waals surface area contributed by atoms with Crippen LogP contribution in [-0.2, 0) is 9.59 Å². The van der Waals surface area contributed by atoms with Crippen LogP contribution in [0.1, 0.15) is 40.2 Å². The molecule has 1 aromatic rings. The number of carbonyl (C=O) groups is 2. The third-order valence-corrected chi connectivity index (χ3v) is 3.19. The third kappa shape index (κ3) is 6.72. The van der Waals surface area contributed by atoms with E-state index < -0.39 is 6.10 Å². The van der Waals surface area contributed by atoms with Crippen molar-refractivity contribution in [2.45, 2.75) is 53.2 Å². The number of carbonyl (C=O) groups excluding carboxylic acids is 2. The fraction of sp³-hybridized carbons (Fsp3) is 0.556. The quantitative estimate of drug-likeness (QED) is 0.876. The maximum Gasteiger partial charge on any atom is 0.263 e. The van der Waals surface area contributed by atoms with Crippen molar-refractivity contribution in [2.24, 2.45) is 0 Å². The van der Waals surface area contributed by atoms with E-state index in [-0.39, 0.29) is 23.9 Å². The number of aryl methyl sites for hydroxylation is 1. The summed E-state index contributed by atoms with van der Waals surface area (Å²) >= 11 is 0. The summed E-state index contributed by atoms with van der Waals surface area (Å²) in [5.74, 6) is 0.287. The fourth-order valence-electron chi connectivity index (χ4n) is 2.18. The van der Waals surface area contributed by atoms with Gasteiger partial charge in [0.25, 0.3) is 5.91 Å². The van der Waals surface area contributed by atoms with Crippen molar-refractivity contribution in [2.75, 3.05) is 13.1 Å². The minimum atomic E-state index is -0.640. The zero-order valence-corrected chi connectivity index (χ0v) is 15.0. The zero-order chi connectivity index (χ0) is 17.6. The molecule has 128 valence electrons. The van der Waals surface area contributed by atoms with Gasteiger partial charge < -0.3 is 15.0 Å². The molecular weight excluding hydrogens is 292 g/mol. The molecule has 1 aromatic carbocycles. The highest BCUT2D eigenvalue weighted by Gasteiger charge is 2.24. The number of likely N-dealkylation sites (N-methyl/N-ethyl adjacent to an activating group) is 1. The van der Waals surface area contributed by atoms with Crippen molar-refractivity contribution in [3.05, 3.63) is 29.8 Å². The number of hydrogen-bond acceptors (Lipinski definition) is 3. The van der Waals surface area contributed by atoms with Crippen LogP contribution in [0.3, 0.4) is 0 Å². The van der Waals surface area contributed by atoms with Gasteiger partial charge in [-0.1, -0.05) is 12.1 Å². The van der Waals surface area contributed by atoms with E-state index in [1.165, 1.54) is 4.90 Å². The molecule has 0 radical (unpaired) electrons. The molecule has 0 aliphatic carbocycles. The summed E-state index contributed by atoms with van der Waals surface area (Å²) in [4.78, 5) is 26.0. The summed E-state index contributed by atoms with van der Waals surface area (Å²) in [6.45, 7) is 11.7. The molecular formula is C18H28N2O3. The average molecular weight is 320 g/mol. The lowest BCUT2D eigenvalue weighted by atomic mass is 10.1. The maximum atomic E-state index is 12.5. The van der Waals surface area contributed by atoms with Crippen LogP contribution in [0.5, 0.6) is 5.75 Å². The topological polar surface area (TPSA) is 58.6 Å². The first-order valence-corrected chi connectivity index (χ1v) is 7.95. The molecule has 5 heteroatoms. The van der Waals surface area contributed by atoms with Crippen LogP contribution < -0.4 is 10.1 Å². The largest absolute Gasteiger partial charge is 0.481 e. The Hall–Kier alpha value is -2.04. The van der Waals surface area contributed by atoms with Crippen molar-refractivity contribution in [3.8, 4) is 5.75 Å². The maximum absolute atomic E-state index is 12.5. The second-order valence-electron chi connectivity index (χ2n) is 6.73. The Kier molecular flexibility index (Phi) is 6.61. The molecule has 1 unspecified atom stereocenters. The van der Waals surface area contributed by atoms with Gasteiger partial charge >= 0.3 is 0 Å². The minimum Gasteiger partial charge on any atom is -0.481 e. The molecule has 23 heavy (non-hydrogen) atoms. The lowest BCUT2D eigenvalue weighted by molar-refractivity contribution is -0.141. The van der Waals surface area contributed by atoms with E-state index in [9.17, 15) is 9.59 Å². The number of rotatable bonds is 6. The first kappa shape index (κ1) is 19.0. The summed E-state index contributed by atoms with van der Waals surface area (Å²) in [7, 11) is 0. The molecule has 0 aromatic heterocycles. The second kappa shape index (κ2) is 7.99. The summed E-state index contributed by atoms with van der Waals surface area (Å²) in [5.41, 5.74) is 0.752. The van der Waals surface area contributed by atoms with Crippen LogP contribution in [0.4, 0.5) is 0 Å². The van der Waals surface area contributed by atoms with Crippen molar-refractivity contribution in [3.63, 3.8) is 0 Å². The molecule has 0 aliphatic heterocycles. The van der Waals surface area contributed by atoms with E-state index >= 15 is 0 Å². The number of nitrogens with one attached hydrogen (secondary N) is 1. The van der Waals surface area contributed by atoms with Crippen molar-refractivity contribution in [1.82, 2.24) is 10.2 Å². The van der Waals surface area contributed by atoms with Crippen molar-refractivity contribution >= 4 is 11.8 Å². The molecule has 0 saturated heterocycles. The van der Waals surface area contributed by atoms with E-state index in [1.54, 1.807) is 6.92 Å². The summed E-state index contributed by atoms with van der Waals surface area (Å²) in [6.07, 6.45) is -0.640. The number of ether oxygens (including phenoxy) is 1. The number of hydrogen-bond donors (Lipinski definition) is 1. The van der Waals surface area contributed by atoms with Crippen LogP contribution in [0.25, 0.3) is 0 Å². The number of benzene rings is 1. The Bertz CT molecular complexity index is 549. The first-order chi connectivity index (χ1) is 10.6. The van der Waals surface area contributed by atoms with Gasteiger partial charge in [-0.3, -0.25) is 9.59 Å². The normalized spacial score (nSPS) is 12.4. The zero-order valence-electron chi connectivity index (χ0n) is 15.0. The first-order valence-electron chi connectivity index (χ1n) is 7.95. The van der Waals surface area contributed by atoms with Gasteiger partial charge in [0.15, 0.2) is 6.10 Å². The smallest absolute Gasteiger partial charge is 0.263 e. The molecule has 0 saturated carbocycles. The van der Waals surface area contributed by atoms with Crippen LogP contribution in [0.2, 0.25) is 0 Å². The Balaban J connectivity index is 2.66. The lowest BCUT2D eigenvalue weighted by Crippen LogP contribution is -2.49. The highest BCUT2D eigenvalue weighted by Crippen LogP contribution is 2.15. The number of amides is 2. The summed E-state index contributed by atoms with van der Waals surface area (Å²) in [5, 5.41) is 2.86. The van der Waals surface area contributed by atoms with Gasteiger partial charge in [-0.25, -0.2) is 0 Å². The van der Waals surface area contributed by atoms with Crippen LogP contribution in [0, 0.1) is 6.92 Å². The van der Waals surface area contributed by atoms with Crippen molar-refractivity contribution in [1.29, 1.82) is 0 Å². The molecule has 1 atom stereocenters. The van der Waals surface area contributed by atoms with E-state index in [0.29, 0.717) is 12.3 Å². The van der Waals surface area contributed by atoms with Crippen LogP contribution >= 0.6 is 0 Å². The van der Waals surface area contributed by atoms with Gasteiger partial charge in [-0.05, 0) is 59.2 Å². The van der Waals surface area contributed by atoms with E-state index in [0.717, 1.165) is 5.56 Å². The number of nitrogens with zero attached hydrogens (tertiary/aromatic N) is 1. The second-order valence-corrected chi connectivity index (χ2v) is 6.73. The Labute approximate surface area is 139 Å². The molecule has 1 N–H and O–H groups in total. The molecule has 0 fully saturated rings. The molecule has 2 amide bonds. The van der Waals surface area contributed by atoms with Gasteiger partial charge in [-0.2, -0.15) is 0 Å². The van der Waals surface area contributed by atoms with Crippen LogP contribution in [-0.4, -0.2) is 41.4 Å². The van der Waals surface area contributed by atoms with Crippen LogP contribution in [0.15, 0.2) is 24.3 Å². The molecule has 0 bridgehead atoms. The van der Waals surface area contributed by atoms with Gasteiger partial charge in [-0.15, -0.1) is 0 Å². The Morgan fingerprint density at radius 2 is 1.96 bits per heavy atom. The molecule has 5 nitrogen and oxygen atoms in total. The highest BCUT2D eigenvalue weighted by molar-refractivity contribution is 5.87. The SMILES string of the molecule is CCN(CC(=O)NC(C)(C)C)C(=O)C(C)Oc1cccc(C)c1. The van der Waals surface area contributed by atoms with Gasteiger partial charge in [0.1, 0.15) is 5.75 Å². The van der Waals surface area contributed by atoms with E-state index in [4.69, 9.17) is 4.74 Å². The Morgan fingerprint density at radius 1 is 1.30 bits per heavy atom. The standard InChI is InChI=1S/C18H28N2O3/c1-7-20(12-16(21)19-18(4,5)6)17(22)14(3)23-15-10-8-9-13(2)11-15/h8-11,14H,7,12H2,1-6H3,(H,19,21). The molecule has 0 aliphatic rings.